The normalized spacial score (nSPS) is 45.4. The maximum absolute atomic E-state index is 10.9. The lowest BCUT2D eigenvalue weighted by atomic mass is 9.78. The molecule has 0 amide bonds. The predicted molar refractivity (Wildman–Crippen MR) is 44.5 cm³/mol. The van der Waals surface area contributed by atoms with Gasteiger partial charge in [-0.25, -0.2) is 0 Å². The summed E-state index contributed by atoms with van der Waals surface area (Å²) >= 11 is 0. The standard InChI is InChI=1S/C9H12O5/c10-5-2-3-1-4(5)7(9(13)14)6(3)8(11)12/h3-7,10H,1-2H2,(H,11,12)(H,13,14). The van der Waals surface area contributed by atoms with E-state index in [1.165, 1.54) is 0 Å². The zero-order valence-electron chi connectivity index (χ0n) is 7.46. The Hall–Kier alpha value is -1.10. The van der Waals surface area contributed by atoms with Gasteiger partial charge in [0.05, 0.1) is 17.9 Å². The summed E-state index contributed by atoms with van der Waals surface area (Å²) in [6.45, 7) is 0. The van der Waals surface area contributed by atoms with Crippen LogP contribution in [-0.4, -0.2) is 33.4 Å². The summed E-state index contributed by atoms with van der Waals surface area (Å²) in [6, 6.07) is 0. The van der Waals surface area contributed by atoms with E-state index in [0.29, 0.717) is 12.8 Å². The first kappa shape index (κ1) is 9.45. The van der Waals surface area contributed by atoms with Crippen LogP contribution < -0.4 is 0 Å². The van der Waals surface area contributed by atoms with Crippen LogP contribution in [0.2, 0.25) is 0 Å². The third-order valence-electron chi connectivity index (χ3n) is 3.54. The predicted octanol–water partition coefficient (Wildman–Crippen LogP) is -0.211. The minimum Gasteiger partial charge on any atom is -0.481 e. The molecule has 78 valence electrons. The highest BCUT2D eigenvalue weighted by molar-refractivity contribution is 5.81. The van der Waals surface area contributed by atoms with Crippen LogP contribution in [0.5, 0.6) is 0 Å². The summed E-state index contributed by atoms with van der Waals surface area (Å²) in [5.74, 6) is -4.37. The van der Waals surface area contributed by atoms with Crippen molar-refractivity contribution in [1.82, 2.24) is 0 Å². The number of carboxylic acids is 2. The maximum Gasteiger partial charge on any atom is 0.307 e. The number of aliphatic carboxylic acids is 2. The Labute approximate surface area is 80.4 Å². The zero-order chi connectivity index (χ0) is 10.5. The quantitative estimate of drug-likeness (QED) is 0.573. The summed E-state index contributed by atoms with van der Waals surface area (Å²) in [7, 11) is 0. The summed E-state index contributed by atoms with van der Waals surface area (Å²) in [6.07, 6.45) is 0.345. The van der Waals surface area contributed by atoms with Crippen LogP contribution in [0.25, 0.3) is 0 Å². The minimum absolute atomic E-state index is 0.159. The van der Waals surface area contributed by atoms with Gasteiger partial charge < -0.3 is 15.3 Å². The molecule has 2 fully saturated rings. The van der Waals surface area contributed by atoms with Gasteiger partial charge in [-0.15, -0.1) is 0 Å². The largest absolute Gasteiger partial charge is 0.481 e. The molecule has 5 unspecified atom stereocenters. The second kappa shape index (κ2) is 2.95. The average Bonchev–Trinajstić information content (AvgIpc) is 2.58. The molecule has 0 saturated heterocycles. The molecule has 0 aromatic heterocycles. The van der Waals surface area contributed by atoms with Gasteiger partial charge >= 0.3 is 11.9 Å². The molecule has 0 spiro atoms. The molecule has 2 aliphatic carbocycles. The first-order valence-electron chi connectivity index (χ1n) is 4.66. The van der Waals surface area contributed by atoms with Crippen molar-refractivity contribution >= 4 is 11.9 Å². The number of rotatable bonds is 2. The number of hydrogen-bond acceptors (Lipinski definition) is 3. The Morgan fingerprint density at radius 1 is 1.00 bits per heavy atom. The van der Waals surface area contributed by atoms with Gasteiger partial charge in [-0.3, -0.25) is 9.59 Å². The molecule has 2 bridgehead atoms. The van der Waals surface area contributed by atoms with E-state index in [0.717, 1.165) is 0 Å². The van der Waals surface area contributed by atoms with E-state index < -0.39 is 29.9 Å². The van der Waals surface area contributed by atoms with Gasteiger partial charge in [-0.1, -0.05) is 0 Å². The van der Waals surface area contributed by atoms with Crippen molar-refractivity contribution in [3.63, 3.8) is 0 Å². The van der Waals surface area contributed by atoms with Gasteiger partial charge in [-0.05, 0) is 24.7 Å². The molecule has 0 aliphatic heterocycles. The fourth-order valence-corrected chi connectivity index (χ4v) is 3.02. The minimum atomic E-state index is -1.09. The first-order chi connectivity index (χ1) is 6.52. The highest BCUT2D eigenvalue weighted by atomic mass is 16.4. The van der Waals surface area contributed by atoms with Crippen LogP contribution in [0, 0.1) is 23.7 Å². The number of aliphatic hydroxyl groups is 1. The van der Waals surface area contributed by atoms with Gasteiger partial charge in [0.2, 0.25) is 0 Å². The monoisotopic (exact) mass is 200 g/mol. The highest BCUT2D eigenvalue weighted by Crippen LogP contribution is 2.52. The maximum atomic E-state index is 10.9. The Kier molecular flexibility index (Phi) is 1.99. The SMILES string of the molecule is O=C(O)C1C2CC(O)C(C2)C1C(=O)O. The molecule has 5 atom stereocenters. The van der Waals surface area contributed by atoms with E-state index in [1.54, 1.807) is 0 Å². The molecular formula is C9H12O5. The number of carboxylic acid groups (broad SMARTS) is 2. The lowest BCUT2D eigenvalue weighted by molar-refractivity contribution is -0.158. The van der Waals surface area contributed by atoms with Gasteiger partial charge in [-0.2, -0.15) is 0 Å². The lowest BCUT2D eigenvalue weighted by Crippen LogP contribution is -2.39. The summed E-state index contributed by atoms with van der Waals surface area (Å²) in [4.78, 5) is 21.7. The molecule has 3 N–H and O–H groups in total. The molecule has 2 aliphatic rings. The molecule has 0 heterocycles. The van der Waals surface area contributed by atoms with Crippen molar-refractivity contribution in [2.24, 2.45) is 23.7 Å². The van der Waals surface area contributed by atoms with Crippen LogP contribution in [0.15, 0.2) is 0 Å². The summed E-state index contributed by atoms with van der Waals surface area (Å²) in [5.41, 5.74) is 0. The van der Waals surface area contributed by atoms with Crippen LogP contribution in [0.3, 0.4) is 0 Å². The number of aliphatic hydroxyl groups excluding tert-OH is 1. The van der Waals surface area contributed by atoms with Gasteiger partial charge in [0, 0.05) is 0 Å². The van der Waals surface area contributed by atoms with Crippen molar-refractivity contribution in [1.29, 1.82) is 0 Å². The topological polar surface area (TPSA) is 94.8 Å². The van der Waals surface area contributed by atoms with Crippen molar-refractivity contribution in [2.75, 3.05) is 0 Å². The lowest BCUT2D eigenvalue weighted by Gasteiger charge is -2.27. The Bertz CT molecular complexity index is 287. The van der Waals surface area contributed by atoms with E-state index in [2.05, 4.69) is 0 Å². The second-order valence-electron chi connectivity index (χ2n) is 4.19. The van der Waals surface area contributed by atoms with Crippen LogP contribution >= 0.6 is 0 Å². The molecule has 0 aromatic carbocycles. The molecule has 14 heavy (non-hydrogen) atoms. The zero-order valence-corrected chi connectivity index (χ0v) is 7.46. The summed E-state index contributed by atoms with van der Waals surface area (Å²) in [5, 5.41) is 27.3. The van der Waals surface area contributed by atoms with Crippen LogP contribution in [0.4, 0.5) is 0 Å². The second-order valence-corrected chi connectivity index (χ2v) is 4.19. The van der Waals surface area contributed by atoms with Crippen molar-refractivity contribution in [3.8, 4) is 0 Å². The smallest absolute Gasteiger partial charge is 0.307 e. The number of carbonyl (C=O) groups is 2. The van der Waals surface area contributed by atoms with Gasteiger partial charge in [0.15, 0.2) is 0 Å². The number of hydrogen-bond donors (Lipinski definition) is 3. The summed E-state index contributed by atoms with van der Waals surface area (Å²) < 4.78 is 0. The first-order valence-corrected chi connectivity index (χ1v) is 4.66. The van der Waals surface area contributed by atoms with E-state index in [1.807, 2.05) is 0 Å². The third-order valence-corrected chi connectivity index (χ3v) is 3.54. The molecular weight excluding hydrogens is 188 g/mol. The molecule has 0 radical (unpaired) electrons. The molecule has 2 rings (SSSR count). The van der Waals surface area contributed by atoms with E-state index in [-0.39, 0.29) is 11.8 Å². The Morgan fingerprint density at radius 2 is 1.57 bits per heavy atom. The van der Waals surface area contributed by atoms with Gasteiger partial charge in [0.25, 0.3) is 0 Å². The van der Waals surface area contributed by atoms with Crippen molar-refractivity contribution in [3.05, 3.63) is 0 Å². The van der Waals surface area contributed by atoms with E-state index >= 15 is 0 Å². The molecule has 5 heteroatoms. The third kappa shape index (κ3) is 1.12. The molecule has 0 aromatic rings. The van der Waals surface area contributed by atoms with Crippen LogP contribution in [0.1, 0.15) is 12.8 Å². The van der Waals surface area contributed by atoms with Crippen molar-refractivity contribution in [2.45, 2.75) is 18.9 Å². The Balaban J connectivity index is 2.27. The molecule has 2 saturated carbocycles. The van der Waals surface area contributed by atoms with E-state index in [9.17, 15) is 14.7 Å². The highest BCUT2D eigenvalue weighted by Gasteiger charge is 2.58. The fourth-order valence-electron chi connectivity index (χ4n) is 3.02. The van der Waals surface area contributed by atoms with Crippen LogP contribution in [-0.2, 0) is 9.59 Å². The van der Waals surface area contributed by atoms with Gasteiger partial charge in [0.1, 0.15) is 0 Å². The Morgan fingerprint density at radius 3 is 2.07 bits per heavy atom. The number of fused-ring (bicyclic) bond motifs is 2. The van der Waals surface area contributed by atoms with E-state index in [4.69, 9.17) is 10.2 Å². The molecule has 5 nitrogen and oxygen atoms in total. The fraction of sp³-hybridized carbons (Fsp3) is 0.778. The van der Waals surface area contributed by atoms with Crippen molar-refractivity contribution < 1.29 is 24.9 Å². The average molecular weight is 200 g/mol.